The van der Waals surface area contributed by atoms with Crippen molar-refractivity contribution in [3.05, 3.63) is 65.0 Å². The minimum atomic E-state index is -4.41. The van der Waals surface area contributed by atoms with E-state index in [1.54, 1.807) is 28.3 Å². The summed E-state index contributed by atoms with van der Waals surface area (Å²) in [6.07, 6.45) is 1.87. The number of rotatable bonds is 4. The number of alkyl halides is 3. The van der Waals surface area contributed by atoms with Crippen molar-refractivity contribution in [3.63, 3.8) is 0 Å². The number of nitrogens with zero attached hydrogens (tertiary/aromatic N) is 3. The van der Waals surface area contributed by atoms with Gasteiger partial charge in [0.15, 0.2) is 0 Å². The molecule has 9 heteroatoms. The minimum Gasteiger partial charge on any atom is -0.342 e. The quantitative estimate of drug-likeness (QED) is 0.732. The van der Waals surface area contributed by atoms with Crippen LogP contribution in [-0.4, -0.2) is 46.4 Å². The fraction of sp³-hybridized carbons (Fsp3) is 0.480. The lowest BCUT2D eigenvalue weighted by Crippen LogP contribution is -2.41. The number of carbonyl (C=O) groups is 2. The first-order chi connectivity index (χ1) is 16.2. The predicted molar refractivity (Wildman–Crippen MR) is 118 cm³/mol. The number of aromatic nitrogens is 1. The van der Waals surface area contributed by atoms with Gasteiger partial charge in [0.2, 0.25) is 5.91 Å². The summed E-state index contributed by atoms with van der Waals surface area (Å²) in [7, 11) is 0. The highest BCUT2D eigenvalue weighted by molar-refractivity contribution is 5.79. The number of urea groups is 1. The van der Waals surface area contributed by atoms with Crippen molar-refractivity contribution in [3.8, 4) is 0 Å². The standard InChI is InChI=1S/C25H27F3N4O2/c26-25(27,28)20-3-1-2-17(10-20)11-22(33)31-8-5-24(6-9-31)12-21(24)14-30-23(34)32-15-18-4-7-29-13-19(18)16-32/h1-4,7,10,13,21H,5-6,8-9,11-12,14-16H2,(H,30,34). The summed E-state index contributed by atoms with van der Waals surface area (Å²) in [5.74, 6) is 0.270. The molecule has 1 saturated heterocycles. The lowest BCUT2D eigenvalue weighted by Gasteiger charge is -2.33. The summed E-state index contributed by atoms with van der Waals surface area (Å²) in [5.41, 5.74) is 2.04. The zero-order valence-corrected chi connectivity index (χ0v) is 18.8. The topological polar surface area (TPSA) is 65.5 Å². The van der Waals surface area contributed by atoms with Gasteiger partial charge in [0.1, 0.15) is 0 Å². The van der Waals surface area contributed by atoms with Crippen LogP contribution in [0, 0.1) is 11.3 Å². The third kappa shape index (κ3) is 4.60. The Morgan fingerprint density at radius 2 is 1.85 bits per heavy atom. The molecule has 1 spiro atoms. The van der Waals surface area contributed by atoms with Gasteiger partial charge in [-0.1, -0.05) is 18.2 Å². The molecular formula is C25H27F3N4O2. The Morgan fingerprint density at radius 3 is 2.59 bits per heavy atom. The van der Waals surface area contributed by atoms with E-state index in [1.807, 2.05) is 6.07 Å². The molecule has 5 rings (SSSR count). The zero-order chi connectivity index (χ0) is 23.9. The molecule has 1 aliphatic carbocycles. The molecule has 0 bridgehead atoms. The Labute approximate surface area is 196 Å². The van der Waals surface area contributed by atoms with Gasteiger partial charge in [0.05, 0.1) is 12.0 Å². The minimum absolute atomic E-state index is 0.0237. The molecule has 1 saturated carbocycles. The van der Waals surface area contributed by atoms with E-state index in [1.165, 1.54) is 6.07 Å². The SMILES string of the molecule is O=C(Cc1cccc(C(F)(F)F)c1)N1CCC2(CC1)CC2CNC(=O)N1Cc2ccncc2C1. The number of benzene rings is 1. The van der Waals surface area contributed by atoms with Crippen LogP contribution in [0.4, 0.5) is 18.0 Å². The van der Waals surface area contributed by atoms with Crippen LogP contribution in [-0.2, 0) is 30.5 Å². The van der Waals surface area contributed by atoms with Gasteiger partial charge in [-0.15, -0.1) is 0 Å². The van der Waals surface area contributed by atoms with Crippen molar-refractivity contribution >= 4 is 11.9 Å². The molecule has 1 aromatic carbocycles. The Balaban J connectivity index is 1.07. The van der Waals surface area contributed by atoms with Crippen LogP contribution in [0.15, 0.2) is 42.7 Å². The van der Waals surface area contributed by atoms with E-state index in [0.717, 1.165) is 42.5 Å². The Morgan fingerprint density at radius 1 is 1.09 bits per heavy atom. The molecule has 2 fully saturated rings. The number of carbonyl (C=O) groups excluding carboxylic acids is 2. The number of pyridine rings is 1. The van der Waals surface area contributed by atoms with Gasteiger partial charge in [0, 0.05) is 45.1 Å². The average Bonchev–Trinajstić information content (AvgIpc) is 3.29. The first-order valence-electron chi connectivity index (χ1n) is 11.6. The summed E-state index contributed by atoms with van der Waals surface area (Å²) < 4.78 is 38.8. The summed E-state index contributed by atoms with van der Waals surface area (Å²) in [6.45, 7) is 3.02. The summed E-state index contributed by atoms with van der Waals surface area (Å²) >= 11 is 0. The van der Waals surface area contributed by atoms with Crippen LogP contribution < -0.4 is 5.32 Å². The molecule has 0 radical (unpaired) electrons. The van der Waals surface area contributed by atoms with E-state index in [9.17, 15) is 22.8 Å². The van der Waals surface area contributed by atoms with Crippen LogP contribution in [0.1, 0.15) is 41.5 Å². The van der Waals surface area contributed by atoms with Crippen molar-refractivity contribution in [1.82, 2.24) is 20.1 Å². The Kier molecular flexibility index (Phi) is 5.73. The number of hydrogen-bond donors (Lipinski definition) is 1. The normalized spacial score (nSPS) is 20.9. The molecule has 1 N–H and O–H groups in total. The second kappa shape index (κ2) is 8.60. The summed E-state index contributed by atoms with van der Waals surface area (Å²) in [6, 6.07) is 6.86. The maximum atomic E-state index is 12.9. The molecule has 180 valence electrons. The molecule has 3 amide bonds. The van der Waals surface area contributed by atoms with Crippen LogP contribution in [0.5, 0.6) is 0 Å². The third-order valence-electron chi connectivity index (χ3n) is 7.59. The first-order valence-corrected chi connectivity index (χ1v) is 11.6. The van der Waals surface area contributed by atoms with E-state index in [4.69, 9.17) is 0 Å². The van der Waals surface area contributed by atoms with Gasteiger partial charge >= 0.3 is 12.2 Å². The van der Waals surface area contributed by atoms with Gasteiger partial charge in [0.25, 0.3) is 0 Å². The Hall–Kier alpha value is -3.10. The van der Waals surface area contributed by atoms with Crippen molar-refractivity contribution < 1.29 is 22.8 Å². The second-order valence-electron chi connectivity index (χ2n) is 9.71. The summed E-state index contributed by atoms with van der Waals surface area (Å²) in [4.78, 5) is 32.9. The molecule has 6 nitrogen and oxygen atoms in total. The fourth-order valence-electron chi connectivity index (χ4n) is 5.36. The van der Waals surface area contributed by atoms with E-state index < -0.39 is 11.7 Å². The molecule has 1 atom stereocenters. The molecule has 34 heavy (non-hydrogen) atoms. The lowest BCUT2D eigenvalue weighted by atomic mass is 9.90. The highest BCUT2D eigenvalue weighted by Gasteiger charge is 2.54. The van der Waals surface area contributed by atoms with Crippen molar-refractivity contribution in [2.75, 3.05) is 19.6 Å². The van der Waals surface area contributed by atoms with Crippen LogP contribution in [0.2, 0.25) is 0 Å². The van der Waals surface area contributed by atoms with Crippen LogP contribution >= 0.6 is 0 Å². The van der Waals surface area contributed by atoms with Gasteiger partial charge in [-0.05, 0) is 59.4 Å². The lowest BCUT2D eigenvalue weighted by molar-refractivity contribution is -0.138. The van der Waals surface area contributed by atoms with Gasteiger partial charge in [-0.3, -0.25) is 9.78 Å². The van der Waals surface area contributed by atoms with Gasteiger partial charge in [-0.25, -0.2) is 4.79 Å². The van der Waals surface area contributed by atoms with Gasteiger partial charge in [-0.2, -0.15) is 13.2 Å². The van der Waals surface area contributed by atoms with Crippen molar-refractivity contribution in [2.24, 2.45) is 11.3 Å². The molecule has 1 aromatic heterocycles. The highest BCUT2D eigenvalue weighted by atomic mass is 19.4. The average molecular weight is 473 g/mol. The third-order valence-corrected chi connectivity index (χ3v) is 7.59. The fourth-order valence-corrected chi connectivity index (χ4v) is 5.36. The Bertz CT molecular complexity index is 1070. The number of nitrogens with one attached hydrogen (secondary N) is 1. The smallest absolute Gasteiger partial charge is 0.342 e. The zero-order valence-electron chi connectivity index (χ0n) is 18.8. The predicted octanol–water partition coefficient (Wildman–Crippen LogP) is 4.00. The second-order valence-corrected chi connectivity index (χ2v) is 9.71. The number of amides is 3. The number of halogens is 3. The van der Waals surface area contributed by atoms with Crippen LogP contribution in [0.25, 0.3) is 0 Å². The molecule has 3 heterocycles. The number of hydrogen-bond acceptors (Lipinski definition) is 3. The highest BCUT2D eigenvalue weighted by Crippen LogP contribution is 2.59. The number of piperidine rings is 1. The van der Waals surface area contributed by atoms with Gasteiger partial charge < -0.3 is 15.1 Å². The number of likely N-dealkylation sites (tertiary alicyclic amines) is 1. The molecule has 2 aliphatic heterocycles. The van der Waals surface area contributed by atoms with E-state index >= 15 is 0 Å². The number of fused-ring (bicyclic) bond motifs is 1. The maximum absolute atomic E-state index is 12.9. The largest absolute Gasteiger partial charge is 0.416 e. The first kappa shape index (κ1) is 22.7. The van der Waals surface area contributed by atoms with E-state index in [0.29, 0.717) is 44.2 Å². The monoisotopic (exact) mass is 472 g/mol. The molecule has 3 aliphatic rings. The van der Waals surface area contributed by atoms with E-state index in [2.05, 4.69) is 10.3 Å². The van der Waals surface area contributed by atoms with E-state index in [-0.39, 0.29) is 23.8 Å². The summed E-state index contributed by atoms with van der Waals surface area (Å²) in [5, 5.41) is 3.07. The maximum Gasteiger partial charge on any atom is 0.416 e. The molecule has 2 aromatic rings. The van der Waals surface area contributed by atoms with Crippen molar-refractivity contribution in [1.29, 1.82) is 0 Å². The van der Waals surface area contributed by atoms with Crippen molar-refractivity contribution in [2.45, 2.75) is 44.9 Å². The molecule has 1 unspecified atom stereocenters. The molecular weight excluding hydrogens is 445 g/mol. The van der Waals surface area contributed by atoms with Crippen LogP contribution in [0.3, 0.4) is 0 Å².